The zero-order chi connectivity index (χ0) is 10.1. The first-order valence-electron chi connectivity index (χ1n) is 5.63. The maximum atomic E-state index is 2.37. The minimum absolute atomic E-state index is 0.861. The Morgan fingerprint density at radius 3 is 1.33 bits per heavy atom. The van der Waals surface area contributed by atoms with Gasteiger partial charge in [0.1, 0.15) is 0 Å². The lowest BCUT2D eigenvalue weighted by Crippen LogP contribution is -2.16. The summed E-state index contributed by atoms with van der Waals surface area (Å²) in [4.78, 5) is 0. The monoisotopic (exact) mass is 172 g/mol. The van der Waals surface area contributed by atoms with Gasteiger partial charge in [-0.15, -0.1) is 0 Å². The van der Waals surface area contributed by atoms with E-state index in [-0.39, 0.29) is 0 Å². The van der Waals surface area contributed by atoms with Crippen LogP contribution in [0, 0.1) is 17.8 Å². The molecule has 0 heteroatoms. The van der Waals surface area contributed by atoms with Gasteiger partial charge in [0.05, 0.1) is 0 Å². The van der Waals surface area contributed by atoms with E-state index in [4.69, 9.17) is 0 Å². The molecular weight excluding hydrogens is 144 g/mol. The van der Waals surface area contributed by atoms with Crippen LogP contribution in [0.2, 0.25) is 0 Å². The molecular formula is C12H28. The molecule has 0 aromatic heterocycles. The highest BCUT2D eigenvalue weighted by atomic mass is 14.2. The number of rotatable bonds is 4. The van der Waals surface area contributed by atoms with Gasteiger partial charge in [-0.3, -0.25) is 0 Å². The molecule has 2 unspecified atom stereocenters. The molecule has 76 valence electrons. The van der Waals surface area contributed by atoms with Crippen LogP contribution < -0.4 is 0 Å². The average molecular weight is 172 g/mol. The third-order valence-corrected chi connectivity index (χ3v) is 2.70. The quantitative estimate of drug-likeness (QED) is 0.574. The van der Waals surface area contributed by atoms with Gasteiger partial charge in [-0.1, -0.05) is 61.3 Å². The van der Waals surface area contributed by atoms with Crippen molar-refractivity contribution in [1.29, 1.82) is 0 Å². The maximum Gasteiger partial charge on any atom is -0.0368 e. The fraction of sp³-hybridized carbons (Fsp3) is 1.00. The Morgan fingerprint density at radius 2 is 1.25 bits per heavy atom. The summed E-state index contributed by atoms with van der Waals surface area (Å²) < 4.78 is 0. The highest BCUT2D eigenvalue weighted by Crippen LogP contribution is 2.25. The van der Waals surface area contributed by atoms with Crippen molar-refractivity contribution in [3.8, 4) is 0 Å². The number of hydrogen-bond acceptors (Lipinski definition) is 0. The zero-order valence-electron chi connectivity index (χ0n) is 10.1. The highest BCUT2D eigenvalue weighted by Gasteiger charge is 2.16. The van der Waals surface area contributed by atoms with Crippen LogP contribution in [0.4, 0.5) is 0 Å². The Bertz CT molecular complexity index is 74.1. The summed E-state index contributed by atoms with van der Waals surface area (Å²) in [5.74, 6) is 2.70. The molecule has 0 spiro atoms. The first-order chi connectivity index (χ1) is 5.63. The van der Waals surface area contributed by atoms with Crippen LogP contribution in [0.3, 0.4) is 0 Å². The Labute approximate surface area is 79.8 Å². The van der Waals surface area contributed by atoms with Gasteiger partial charge in [0.15, 0.2) is 0 Å². The lowest BCUT2D eigenvalue weighted by atomic mass is 9.81. The van der Waals surface area contributed by atoms with Crippen LogP contribution in [0.5, 0.6) is 0 Å². The van der Waals surface area contributed by atoms with Crippen LogP contribution in [0.25, 0.3) is 0 Å². The Balaban J connectivity index is 0. The summed E-state index contributed by atoms with van der Waals surface area (Å²) in [6.07, 6.45) is 2.67. The van der Waals surface area contributed by atoms with Gasteiger partial charge >= 0.3 is 0 Å². The van der Waals surface area contributed by atoms with Crippen LogP contribution in [0.15, 0.2) is 0 Å². The van der Waals surface area contributed by atoms with E-state index in [1.165, 1.54) is 12.8 Å². The van der Waals surface area contributed by atoms with E-state index < -0.39 is 0 Å². The summed E-state index contributed by atoms with van der Waals surface area (Å²) in [5.41, 5.74) is 0. The Kier molecular flexibility index (Phi) is 11.0. The lowest BCUT2D eigenvalue weighted by molar-refractivity contribution is 0.256. The summed E-state index contributed by atoms with van der Waals surface area (Å²) in [7, 11) is 0. The lowest BCUT2D eigenvalue weighted by Gasteiger charge is -2.24. The van der Waals surface area contributed by atoms with Crippen molar-refractivity contribution in [1.82, 2.24) is 0 Å². The molecule has 0 rings (SSSR count). The molecule has 0 fully saturated rings. The largest absolute Gasteiger partial charge is 0.0683 e. The average Bonchev–Trinajstić information content (AvgIpc) is 2.08. The predicted octanol–water partition coefficient (Wildman–Crippen LogP) is 4.74. The van der Waals surface area contributed by atoms with Gasteiger partial charge in [-0.05, 0) is 17.8 Å². The molecule has 0 aromatic carbocycles. The third-order valence-electron chi connectivity index (χ3n) is 2.70. The molecule has 0 amide bonds. The molecule has 0 saturated carbocycles. The molecule has 0 radical (unpaired) electrons. The molecule has 0 nitrogen and oxygen atoms in total. The standard InChI is InChI=1S/C10H22.C2H6/c1-6-9(5)10(7-2)8(3)4;1-2/h8-10H,6-7H2,1-5H3;1-2H3. The fourth-order valence-corrected chi connectivity index (χ4v) is 1.83. The molecule has 0 aromatic rings. The van der Waals surface area contributed by atoms with E-state index in [2.05, 4.69) is 34.6 Å². The molecule has 0 bridgehead atoms. The Morgan fingerprint density at radius 1 is 0.833 bits per heavy atom. The van der Waals surface area contributed by atoms with Crippen molar-refractivity contribution < 1.29 is 0 Å². The minimum Gasteiger partial charge on any atom is -0.0683 e. The van der Waals surface area contributed by atoms with E-state index in [9.17, 15) is 0 Å². The topological polar surface area (TPSA) is 0 Å². The predicted molar refractivity (Wildman–Crippen MR) is 59.4 cm³/mol. The fourth-order valence-electron chi connectivity index (χ4n) is 1.83. The second kappa shape index (κ2) is 9.09. The summed E-state index contributed by atoms with van der Waals surface area (Å²) in [6, 6.07) is 0. The van der Waals surface area contributed by atoms with Crippen molar-refractivity contribution in [2.24, 2.45) is 17.8 Å². The molecule has 12 heavy (non-hydrogen) atoms. The SMILES string of the molecule is CC.CCC(C)C(CC)C(C)C. The van der Waals surface area contributed by atoms with E-state index in [1.807, 2.05) is 13.8 Å². The first kappa shape index (κ1) is 14.5. The summed E-state index contributed by atoms with van der Waals surface area (Å²) in [5, 5.41) is 0. The van der Waals surface area contributed by atoms with Crippen LogP contribution in [0.1, 0.15) is 61.3 Å². The normalized spacial score (nSPS) is 15.0. The van der Waals surface area contributed by atoms with Crippen LogP contribution in [-0.2, 0) is 0 Å². The molecule has 0 aliphatic heterocycles. The second-order valence-electron chi connectivity index (χ2n) is 3.70. The molecule has 0 heterocycles. The van der Waals surface area contributed by atoms with Crippen molar-refractivity contribution in [3.63, 3.8) is 0 Å². The molecule has 0 aliphatic rings. The van der Waals surface area contributed by atoms with Gasteiger partial charge in [-0.25, -0.2) is 0 Å². The van der Waals surface area contributed by atoms with Crippen molar-refractivity contribution in [2.45, 2.75) is 61.3 Å². The van der Waals surface area contributed by atoms with Gasteiger partial charge in [0.2, 0.25) is 0 Å². The zero-order valence-corrected chi connectivity index (χ0v) is 10.1. The van der Waals surface area contributed by atoms with Gasteiger partial charge in [0, 0.05) is 0 Å². The minimum atomic E-state index is 0.861. The van der Waals surface area contributed by atoms with Gasteiger partial charge < -0.3 is 0 Å². The van der Waals surface area contributed by atoms with E-state index >= 15 is 0 Å². The molecule has 2 atom stereocenters. The van der Waals surface area contributed by atoms with Crippen molar-refractivity contribution in [3.05, 3.63) is 0 Å². The van der Waals surface area contributed by atoms with Gasteiger partial charge in [-0.2, -0.15) is 0 Å². The highest BCUT2D eigenvalue weighted by molar-refractivity contribution is 4.66. The van der Waals surface area contributed by atoms with Crippen LogP contribution >= 0.6 is 0 Å². The van der Waals surface area contributed by atoms with E-state index in [1.54, 1.807) is 0 Å². The molecule has 0 aliphatic carbocycles. The van der Waals surface area contributed by atoms with E-state index in [0.717, 1.165) is 17.8 Å². The summed E-state index contributed by atoms with van der Waals surface area (Å²) in [6.45, 7) is 15.6. The smallest absolute Gasteiger partial charge is 0.0368 e. The van der Waals surface area contributed by atoms with Gasteiger partial charge in [0.25, 0.3) is 0 Å². The van der Waals surface area contributed by atoms with Crippen molar-refractivity contribution in [2.75, 3.05) is 0 Å². The third kappa shape index (κ3) is 5.62. The summed E-state index contributed by atoms with van der Waals surface area (Å²) >= 11 is 0. The molecule has 0 N–H and O–H groups in total. The Hall–Kier alpha value is 0. The van der Waals surface area contributed by atoms with E-state index in [0.29, 0.717) is 0 Å². The van der Waals surface area contributed by atoms with Crippen LogP contribution in [-0.4, -0.2) is 0 Å². The first-order valence-corrected chi connectivity index (χ1v) is 5.63. The second-order valence-corrected chi connectivity index (χ2v) is 3.70. The molecule has 0 saturated heterocycles. The van der Waals surface area contributed by atoms with Crippen molar-refractivity contribution >= 4 is 0 Å². The maximum absolute atomic E-state index is 2.37. The number of hydrogen-bond donors (Lipinski definition) is 0.